The van der Waals surface area contributed by atoms with E-state index in [2.05, 4.69) is 10.4 Å². The van der Waals surface area contributed by atoms with Crippen molar-refractivity contribution in [2.24, 2.45) is 0 Å². The Bertz CT molecular complexity index is 1060. The van der Waals surface area contributed by atoms with E-state index in [-0.39, 0.29) is 10.7 Å². The molecule has 9 heteroatoms. The second kappa shape index (κ2) is 7.18. The number of hydrogen-bond acceptors (Lipinski definition) is 4. The second-order valence-electron chi connectivity index (χ2n) is 6.53. The molecule has 0 saturated carbocycles. The third-order valence-electron chi connectivity index (χ3n) is 4.78. The van der Waals surface area contributed by atoms with Gasteiger partial charge in [-0.3, -0.25) is 0 Å². The first-order valence-corrected chi connectivity index (χ1v) is 9.16. The Morgan fingerprint density at radius 1 is 1.07 bits per heavy atom. The normalized spacial score (nSPS) is 13.2. The molecule has 0 fully saturated rings. The van der Waals surface area contributed by atoms with Crippen molar-refractivity contribution in [2.45, 2.75) is 12.6 Å². The Hall–Kier alpha value is -2.87. The molecule has 3 aromatic rings. The van der Waals surface area contributed by atoms with Gasteiger partial charge in [0.1, 0.15) is 17.3 Å². The zero-order chi connectivity index (χ0) is 20.8. The molecule has 1 aliphatic rings. The molecule has 2 heterocycles. The minimum absolute atomic E-state index is 0.160. The second-order valence-corrected chi connectivity index (χ2v) is 6.94. The first-order valence-electron chi connectivity index (χ1n) is 8.78. The quantitative estimate of drug-likeness (QED) is 0.627. The topological polar surface area (TPSA) is 48.3 Å². The molecule has 2 aromatic carbocycles. The highest BCUT2D eigenvalue weighted by Gasteiger charge is 2.32. The van der Waals surface area contributed by atoms with Crippen LogP contribution in [0.2, 0.25) is 5.02 Å². The highest BCUT2D eigenvalue weighted by molar-refractivity contribution is 6.32. The van der Waals surface area contributed by atoms with E-state index in [1.807, 2.05) is 12.1 Å². The number of hydrogen-bond donors (Lipinski definition) is 1. The maximum atomic E-state index is 13.2. The predicted molar refractivity (Wildman–Crippen MR) is 104 cm³/mol. The van der Waals surface area contributed by atoms with Crippen LogP contribution in [0.1, 0.15) is 11.1 Å². The van der Waals surface area contributed by atoms with Gasteiger partial charge in [0.2, 0.25) is 0 Å². The van der Waals surface area contributed by atoms with Gasteiger partial charge in [-0.1, -0.05) is 11.6 Å². The number of alkyl halides is 3. The summed E-state index contributed by atoms with van der Waals surface area (Å²) >= 11 is 6.24. The Morgan fingerprint density at radius 2 is 1.76 bits per heavy atom. The van der Waals surface area contributed by atoms with E-state index in [0.29, 0.717) is 36.0 Å². The van der Waals surface area contributed by atoms with Crippen LogP contribution < -0.4 is 14.8 Å². The average Bonchev–Trinajstić information content (AvgIpc) is 3.30. The lowest BCUT2D eigenvalue weighted by atomic mass is 10.1. The summed E-state index contributed by atoms with van der Waals surface area (Å²) in [6.07, 6.45) is -3.80. The first-order chi connectivity index (χ1) is 13.8. The summed E-state index contributed by atoms with van der Waals surface area (Å²) < 4.78 is 51.7. The smallest absolute Gasteiger partial charge is 0.416 e. The van der Waals surface area contributed by atoms with Gasteiger partial charge in [0, 0.05) is 23.7 Å². The van der Waals surface area contributed by atoms with Crippen molar-refractivity contribution < 1.29 is 22.6 Å². The van der Waals surface area contributed by atoms with Crippen molar-refractivity contribution in [3.05, 3.63) is 52.5 Å². The predicted octanol–water partition coefficient (Wildman–Crippen LogP) is 5.20. The molecule has 0 aliphatic carbocycles. The number of methoxy groups -OCH3 is 2. The van der Waals surface area contributed by atoms with Crippen molar-refractivity contribution in [3.63, 3.8) is 0 Å². The highest BCUT2D eigenvalue weighted by atomic mass is 35.5. The van der Waals surface area contributed by atoms with E-state index in [4.69, 9.17) is 21.1 Å². The van der Waals surface area contributed by atoms with Gasteiger partial charge in [-0.2, -0.15) is 18.3 Å². The van der Waals surface area contributed by atoms with E-state index in [0.717, 1.165) is 23.3 Å². The number of nitrogens with one attached hydrogen (secondary N) is 1. The third kappa shape index (κ3) is 3.48. The molecule has 1 aliphatic heterocycles. The fraction of sp³-hybridized carbons (Fsp3) is 0.250. The van der Waals surface area contributed by atoms with E-state index < -0.39 is 11.7 Å². The van der Waals surface area contributed by atoms with Gasteiger partial charge < -0.3 is 14.8 Å². The van der Waals surface area contributed by atoms with E-state index in [1.54, 1.807) is 20.3 Å². The van der Waals surface area contributed by atoms with Crippen LogP contribution in [0.4, 0.5) is 19.0 Å². The molecular formula is C20H17ClF3N3O2. The molecule has 0 bridgehead atoms. The van der Waals surface area contributed by atoms with Crippen molar-refractivity contribution in [3.8, 4) is 28.4 Å². The molecular weight excluding hydrogens is 407 g/mol. The maximum Gasteiger partial charge on any atom is 0.416 e. The van der Waals surface area contributed by atoms with Crippen LogP contribution >= 0.6 is 11.6 Å². The zero-order valence-corrected chi connectivity index (χ0v) is 16.4. The molecule has 4 rings (SSSR count). The van der Waals surface area contributed by atoms with Gasteiger partial charge in [-0.15, -0.1) is 0 Å². The van der Waals surface area contributed by atoms with Gasteiger partial charge in [0.05, 0.1) is 36.2 Å². The zero-order valence-electron chi connectivity index (χ0n) is 15.6. The van der Waals surface area contributed by atoms with Crippen LogP contribution in [0.25, 0.3) is 16.9 Å². The lowest BCUT2D eigenvalue weighted by Gasteiger charge is -2.12. The highest BCUT2D eigenvalue weighted by Crippen LogP contribution is 2.40. The van der Waals surface area contributed by atoms with E-state index in [1.165, 1.54) is 10.7 Å². The molecule has 29 heavy (non-hydrogen) atoms. The summed E-state index contributed by atoms with van der Waals surface area (Å²) in [6, 6.07) is 8.55. The Morgan fingerprint density at radius 3 is 2.38 bits per heavy atom. The van der Waals surface area contributed by atoms with Crippen LogP contribution in [0.3, 0.4) is 0 Å². The minimum atomic E-state index is -4.48. The van der Waals surface area contributed by atoms with Gasteiger partial charge >= 0.3 is 6.18 Å². The van der Waals surface area contributed by atoms with E-state index in [9.17, 15) is 13.2 Å². The Balaban J connectivity index is 1.90. The molecule has 1 aromatic heterocycles. The van der Waals surface area contributed by atoms with Crippen molar-refractivity contribution in [2.75, 3.05) is 26.1 Å². The molecule has 152 valence electrons. The van der Waals surface area contributed by atoms with Gasteiger partial charge in [0.15, 0.2) is 0 Å². The molecule has 0 radical (unpaired) electrons. The summed E-state index contributed by atoms with van der Waals surface area (Å²) in [5, 5.41) is 7.97. The molecule has 1 N–H and O–H groups in total. The monoisotopic (exact) mass is 423 g/mol. The number of rotatable bonds is 4. The molecule has 0 saturated heterocycles. The fourth-order valence-electron chi connectivity index (χ4n) is 3.38. The standard InChI is InChI=1S/C20H17ClF3N3O2/c1-28-13-7-11(8-14(10-13)29-2)18-15-5-6-25-19(15)27(26-18)17-9-12(20(22,23)24)3-4-16(17)21/h3-4,7-10,25H,5-6H2,1-2H3. The van der Waals surface area contributed by atoms with Gasteiger partial charge in [0.25, 0.3) is 0 Å². The third-order valence-corrected chi connectivity index (χ3v) is 5.10. The number of nitrogens with zero attached hydrogens (tertiary/aromatic N) is 2. The van der Waals surface area contributed by atoms with Crippen molar-refractivity contribution in [1.82, 2.24) is 9.78 Å². The minimum Gasteiger partial charge on any atom is -0.497 e. The summed E-state index contributed by atoms with van der Waals surface area (Å²) in [4.78, 5) is 0. The summed E-state index contributed by atoms with van der Waals surface area (Å²) in [6.45, 7) is 0.651. The molecule has 0 spiro atoms. The molecule has 0 atom stereocenters. The fourth-order valence-corrected chi connectivity index (χ4v) is 3.57. The van der Waals surface area contributed by atoms with Crippen molar-refractivity contribution in [1.29, 1.82) is 0 Å². The lowest BCUT2D eigenvalue weighted by Crippen LogP contribution is -2.09. The number of fused-ring (bicyclic) bond motifs is 1. The van der Waals surface area contributed by atoms with Crippen LogP contribution in [0, 0.1) is 0 Å². The average molecular weight is 424 g/mol. The molecule has 5 nitrogen and oxygen atoms in total. The number of aromatic nitrogens is 2. The molecule has 0 unspecified atom stereocenters. The Labute approximate surface area is 170 Å². The number of anilines is 1. The molecule has 0 amide bonds. The number of halogens is 4. The van der Waals surface area contributed by atoms with E-state index >= 15 is 0 Å². The van der Waals surface area contributed by atoms with Crippen LogP contribution in [-0.4, -0.2) is 30.5 Å². The summed E-state index contributed by atoms with van der Waals surface area (Å²) in [7, 11) is 3.09. The SMILES string of the molecule is COc1cc(OC)cc(-c2nn(-c3cc(C(F)(F)F)ccc3Cl)c3c2CCN3)c1. The first kappa shape index (κ1) is 19.4. The van der Waals surface area contributed by atoms with Crippen LogP contribution in [0.5, 0.6) is 11.5 Å². The van der Waals surface area contributed by atoms with Crippen LogP contribution in [-0.2, 0) is 12.6 Å². The summed E-state index contributed by atoms with van der Waals surface area (Å²) in [5.41, 5.74) is 1.64. The van der Waals surface area contributed by atoms with Crippen molar-refractivity contribution >= 4 is 17.4 Å². The lowest BCUT2D eigenvalue weighted by molar-refractivity contribution is -0.137. The number of ether oxygens (including phenoxy) is 2. The maximum absolute atomic E-state index is 13.2. The van der Waals surface area contributed by atoms with Crippen LogP contribution in [0.15, 0.2) is 36.4 Å². The largest absolute Gasteiger partial charge is 0.497 e. The van der Waals surface area contributed by atoms with Gasteiger partial charge in [-0.05, 0) is 36.8 Å². The number of benzene rings is 2. The summed E-state index contributed by atoms with van der Waals surface area (Å²) in [5.74, 6) is 1.81. The Kier molecular flexibility index (Phi) is 4.82. The van der Waals surface area contributed by atoms with Gasteiger partial charge in [-0.25, -0.2) is 4.68 Å².